The monoisotopic (exact) mass is 393 g/mol. The van der Waals surface area contributed by atoms with E-state index in [1.165, 1.54) is 12.1 Å². The third-order valence-corrected chi connectivity index (χ3v) is 5.49. The van der Waals surface area contributed by atoms with E-state index < -0.39 is 22.0 Å². The molecule has 0 amide bonds. The van der Waals surface area contributed by atoms with Gasteiger partial charge >= 0.3 is 5.97 Å². The molecule has 0 fully saturated rings. The third kappa shape index (κ3) is 3.71. The molecule has 0 aliphatic carbocycles. The first-order valence-electron chi connectivity index (χ1n) is 6.69. The van der Waals surface area contributed by atoms with Gasteiger partial charge in [0.1, 0.15) is 24.2 Å². The van der Waals surface area contributed by atoms with Crippen LogP contribution in [-0.4, -0.2) is 38.7 Å². The minimum atomic E-state index is -4.00. The predicted molar refractivity (Wildman–Crippen MR) is 81.8 cm³/mol. The second kappa shape index (κ2) is 6.84. The molecule has 7 nitrogen and oxygen atoms in total. The zero-order valence-corrected chi connectivity index (χ0v) is 14.2. The van der Waals surface area contributed by atoms with Crippen LogP contribution in [0.15, 0.2) is 21.5 Å². The minimum absolute atomic E-state index is 0.0842. The van der Waals surface area contributed by atoms with Crippen LogP contribution in [0, 0.1) is 0 Å². The van der Waals surface area contributed by atoms with Crippen molar-refractivity contribution < 1.29 is 27.8 Å². The molecule has 1 aliphatic heterocycles. The lowest BCUT2D eigenvalue weighted by atomic mass is 10.2. The summed E-state index contributed by atoms with van der Waals surface area (Å²) in [6.07, 6.45) is 0.749. The van der Waals surface area contributed by atoms with Gasteiger partial charge in [-0.1, -0.05) is 13.3 Å². The molecule has 1 aliphatic rings. The van der Waals surface area contributed by atoms with Gasteiger partial charge in [0.2, 0.25) is 10.0 Å². The van der Waals surface area contributed by atoms with Gasteiger partial charge in [-0.3, -0.25) is 4.79 Å². The highest BCUT2D eigenvalue weighted by molar-refractivity contribution is 9.10. The second-order valence-electron chi connectivity index (χ2n) is 4.73. The van der Waals surface area contributed by atoms with Gasteiger partial charge in [-0.15, -0.1) is 0 Å². The van der Waals surface area contributed by atoms with Crippen LogP contribution in [0.5, 0.6) is 11.5 Å². The van der Waals surface area contributed by atoms with Crippen LogP contribution in [0.25, 0.3) is 0 Å². The van der Waals surface area contributed by atoms with E-state index in [9.17, 15) is 13.2 Å². The molecule has 0 spiro atoms. The van der Waals surface area contributed by atoms with E-state index >= 15 is 0 Å². The normalized spacial score (nSPS) is 15.4. The summed E-state index contributed by atoms with van der Waals surface area (Å²) in [5.41, 5.74) is 0. The molecule has 2 N–H and O–H groups in total. The number of carboxylic acid groups (broad SMARTS) is 1. The van der Waals surface area contributed by atoms with E-state index in [4.69, 9.17) is 14.6 Å². The molecular formula is C13H16BrNO6S. The van der Waals surface area contributed by atoms with Gasteiger partial charge in [0.15, 0.2) is 11.5 Å². The van der Waals surface area contributed by atoms with Crippen LogP contribution in [0.2, 0.25) is 0 Å². The summed E-state index contributed by atoms with van der Waals surface area (Å²) in [5, 5.41) is 9.09. The van der Waals surface area contributed by atoms with Crippen molar-refractivity contribution in [2.45, 2.75) is 30.7 Å². The largest absolute Gasteiger partial charge is 0.486 e. The van der Waals surface area contributed by atoms with Crippen molar-refractivity contribution in [1.82, 2.24) is 4.72 Å². The number of fused-ring (bicyclic) bond motifs is 1. The summed E-state index contributed by atoms with van der Waals surface area (Å²) < 4.78 is 38.1. The Morgan fingerprint density at radius 2 is 1.95 bits per heavy atom. The van der Waals surface area contributed by atoms with Crippen molar-refractivity contribution in [3.05, 3.63) is 16.6 Å². The molecule has 2 rings (SSSR count). The van der Waals surface area contributed by atoms with Gasteiger partial charge in [0, 0.05) is 10.5 Å². The van der Waals surface area contributed by atoms with Gasteiger partial charge in [-0.05, 0) is 28.4 Å². The van der Waals surface area contributed by atoms with Crippen molar-refractivity contribution in [3.63, 3.8) is 0 Å². The SMILES string of the molecule is CCCC(NS(=O)(=O)c1cc2c(cc1Br)OCCO2)C(=O)O. The number of rotatable bonds is 6. The maximum Gasteiger partial charge on any atom is 0.321 e. The van der Waals surface area contributed by atoms with E-state index in [1.54, 1.807) is 6.92 Å². The van der Waals surface area contributed by atoms with Crippen molar-refractivity contribution in [1.29, 1.82) is 0 Å². The first kappa shape index (κ1) is 17.0. The number of sulfonamides is 1. The average Bonchev–Trinajstić information content (AvgIpc) is 2.45. The molecule has 0 radical (unpaired) electrons. The fraction of sp³-hybridized carbons (Fsp3) is 0.462. The van der Waals surface area contributed by atoms with Gasteiger partial charge in [-0.2, -0.15) is 4.72 Å². The summed E-state index contributed by atoms with van der Waals surface area (Å²) in [6.45, 7) is 2.50. The van der Waals surface area contributed by atoms with Crippen LogP contribution in [0.3, 0.4) is 0 Å². The van der Waals surface area contributed by atoms with Crippen molar-refractivity contribution in [3.8, 4) is 11.5 Å². The molecule has 1 aromatic carbocycles. The fourth-order valence-electron chi connectivity index (χ4n) is 2.02. The summed E-state index contributed by atoms with van der Waals surface area (Å²) in [5.74, 6) is -0.447. The minimum Gasteiger partial charge on any atom is -0.486 e. The van der Waals surface area contributed by atoms with Gasteiger partial charge in [0.25, 0.3) is 0 Å². The molecule has 0 saturated carbocycles. The molecular weight excluding hydrogens is 378 g/mol. The van der Waals surface area contributed by atoms with Crippen molar-refractivity contribution in [2.75, 3.05) is 13.2 Å². The van der Waals surface area contributed by atoms with E-state index in [1.807, 2.05) is 0 Å². The summed E-state index contributed by atoms with van der Waals surface area (Å²) in [7, 11) is -4.00. The summed E-state index contributed by atoms with van der Waals surface area (Å²) in [6, 6.07) is 1.65. The first-order chi connectivity index (χ1) is 10.3. The molecule has 1 heterocycles. The molecule has 0 bridgehead atoms. The maximum atomic E-state index is 12.4. The number of benzene rings is 1. The van der Waals surface area contributed by atoms with Gasteiger partial charge in [0.05, 0.1) is 0 Å². The van der Waals surface area contributed by atoms with Crippen LogP contribution < -0.4 is 14.2 Å². The molecule has 9 heteroatoms. The van der Waals surface area contributed by atoms with Crippen molar-refractivity contribution in [2.24, 2.45) is 0 Å². The Bertz CT molecular complexity index is 675. The number of hydrogen-bond donors (Lipinski definition) is 2. The van der Waals surface area contributed by atoms with Gasteiger partial charge < -0.3 is 14.6 Å². The highest BCUT2D eigenvalue weighted by Crippen LogP contribution is 2.37. The molecule has 1 atom stereocenters. The van der Waals surface area contributed by atoms with E-state index in [2.05, 4.69) is 20.7 Å². The Hall–Kier alpha value is -1.32. The topological polar surface area (TPSA) is 102 Å². The van der Waals surface area contributed by atoms with E-state index in [-0.39, 0.29) is 15.8 Å². The number of carboxylic acids is 1. The standard InChI is InChI=1S/C13H16BrNO6S/c1-2-3-9(13(16)17)15-22(18,19)12-7-11-10(6-8(12)14)20-4-5-21-11/h6-7,9,15H,2-5H2,1H3,(H,16,17). The molecule has 0 aromatic heterocycles. The second-order valence-corrected chi connectivity index (χ2v) is 7.26. The van der Waals surface area contributed by atoms with Crippen molar-refractivity contribution >= 4 is 31.9 Å². The quantitative estimate of drug-likeness (QED) is 0.763. The number of carbonyl (C=O) groups is 1. The molecule has 22 heavy (non-hydrogen) atoms. The lowest BCUT2D eigenvalue weighted by molar-refractivity contribution is -0.139. The van der Waals surface area contributed by atoms with E-state index in [0.717, 1.165) is 0 Å². The predicted octanol–water partition coefficient (Wildman–Crippen LogP) is 1.75. The molecule has 0 saturated heterocycles. The number of nitrogens with one attached hydrogen (secondary N) is 1. The molecule has 122 valence electrons. The highest BCUT2D eigenvalue weighted by atomic mass is 79.9. The number of aliphatic carboxylic acids is 1. The highest BCUT2D eigenvalue weighted by Gasteiger charge is 2.28. The maximum absolute atomic E-state index is 12.4. The Morgan fingerprint density at radius 3 is 2.50 bits per heavy atom. The Kier molecular flexibility index (Phi) is 5.30. The zero-order valence-electron chi connectivity index (χ0n) is 11.8. The number of hydrogen-bond acceptors (Lipinski definition) is 5. The Morgan fingerprint density at radius 1 is 1.36 bits per heavy atom. The lowest BCUT2D eigenvalue weighted by Crippen LogP contribution is -2.40. The van der Waals surface area contributed by atoms with E-state index in [0.29, 0.717) is 31.1 Å². The van der Waals surface area contributed by atoms with Crippen LogP contribution >= 0.6 is 15.9 Å². The zero-order chi connectivity index (χ0) is 16.3. The summed E-state index contributed by atoms with van der Waals surface area (Å²) >= 11 is 3.18. The lowest BCUT2D eigenvalue weighted by Gasteiger charge is -2.20. The number of halogens is 1. The number of ether oxygens (including phenoxy) is 2. The molecule has 1 aromatic rings. The third-order valence-electron chi connectivity index (χ3n) is 3.06. The van der Waals surface area contributed by atoms with Crippen LogP contribution in [-0.2, 0) is 14.8 Å². The smallest absolute Gasteiger partial charge is 0.321 e. The van der Waals surface area contributed by atoms with Gasteiger partial charge in [-0.25, -0.2) is 8.42 Å². The molecule has 1 unspecified atom stereocenters. The fourth-order valence-corrected chi connectivity index (χ4v) is 4.28. The van der Waals surface area contributed by atoms with Crippen LogP contribution in [0.4, 0.5) is 0 Å². The first-order valence-corrected chi connectivity index (χ1v) is 8.97. The summed E-state index contributed by atoms with van der Waals surface area (Å²) in [4.78, 5) is 11.0. The van der Waals surface area contributed by atoms with Crippen LogP contribution in [0.1, 0.15) is 19.8 Å². The average molecular weight is 394 g/mol. The Labute approximate surface area is 136 Å². The Balaban J connectivity index is 2.34.